The quantitative estimate of drug-likeness (QED) is 0.579. The van der Waals surface area contributed by atoms with Gasteiger partial charge in [0.15, 0.2) is 0 Å². The van der Waals surface area contributed by atoms with Crippen LogP contribution in [0.2, 0.25) is 0 Å². The Bertz CT molecular complexity index is 1070. The van der Waals surface area contributed by atoms with Gasteiger partial charge in [-0.1, -0.05) is 60.7 Å². The van der Waals surface area contributed by atoms with Crippen LogP contribution in [0.4, 0.5) is 0 Å². The van der Waals surface area contributed by atoms with Crippen molar-refractivity contribution < 1.29 is 27.4 Å². The van der Waals surface area contributed by atoms with Gasteiger partial charge in [-0.3, -0.25) is 0 Å². The highest BCUT2D eigenvalue weighted by molar-refractivity contribution is 7.93. The van der Waals surface area contributed by atoms with Gasteiger partial charge in [0, 0.05) is 28.4 Å². The first-order valence-electron chi connectivity index (χ1n) is 9.52. The molecule has 0 aromatic heterocycles. The minimum Gasteiger partial charge on any atom is -0.348 e. The van der Waals surface area contributed by atoms with Crippen molar-refractivity contribution in [1.29, 1.82) is 5.26 Å². The van der Waals surface area contributed by atoms with E-state index in [1.54, 1.807) is 30.4 Å². The van der Waals surface area contributed by atoms with Crippen molar-refractivity contribution >= 4 is 15.9 Å². The number of rotatable bonds is 8. The highest BCUT2D eigenvalue weighted by Crippen LogP contribution is 2.64. The first kappa shape index (κ1) is 23.1. The Hall–Kier alpha value is -2.54. The Balaban J connectivity index is 2.31. The monoisotopic (exact) mass is 443 g/mol. The van der Waals surface area contributed by atoms with E-state index in [1.165, 1.54) is 40.6 Å². The predicted molar refractivity (Wildman–Crippen MR) is 114 cm³/mol. The number of ether oxygens (including phenoxy) is 4. The summed E-state index contributed by atoms with van der Waals surface area (Å²) in [6, 6.07) is 19.0. The summed E-state index contributed by atoms with van der Waals surface area (Å²) in [4.78, 5) is -0.0334. The van der Waals surface area contributed by atoms with Gasteiger partial charge in [-0.05, 0) is 17.7 Å². The van der Waals surface area contributed by atoms with Crippen molar-refractivity contribution in [3.05, 3.63) is 72.3 Å². The fraction of sp³-hybridized carbons (Fsp3) is 0.348. The molecule has 2 aromatic rings. The molecule has 0 N–H and O–H groups in total. The van der Waals surface area contributed by atoms with Crippen LogP contribution in [0.15, 0.2) is 71.6 Å². The highest BCUT2D eigenvalue weighted by Gasteiger charge is 2.89. The van der Waals surface area contributed by atoms with E-state index in [1.807, 2.05) is 36.4 Å². The molecular weight excluding hydrogens is 418 g/mol. The second kappa shape index (κ2) is 8.54. The molecule has 2 atom stereocenters. The van der Waals surface area contributed by atoms with Crippen LogP contribution in [0.1, 0.15) is 5.56 Å². The van der Waals surface area contributed by atoms with E-state index in [-0.39, 0.29) is 4.90 Å². The van der Waals surface area contributed by atoms with Gasteiger partial charge >= 0.3 is 0 Å². The van der Waals surface area contributed by atoms with E-state index >= 15 is 0 Å². The molecule has 1 aliphatic rings. The summed E-state index contributed by atoms with van der Waals surface area (Å²) in [5.74, 6) is -4.83. The van der Waals surface area contributed by atoms with Gasteiger partial charge in [0.2, 0.25) is 20.4 Å². The van der Waals surface area contributed by atoms with Crippen LogP contribution < -0.4 is 0 Å². The summed E-state index contributed by atoms with van der Waals surface area (Å²) in [7, 11) is 0.929. The van der Waals surface area contributed by atoms with E-state index in [4.69, 9.17) is 18.9 Å². The molecule has 0 bridgehead atoms. The molecule has 3 rings (SSSR count). The molecule has 0 saturated heterocycles. The number of sulfone groups is 1. The number of hydrogen-bond acceptors (Lipinski definition) is 7. The van der Waals surface area contributed by atoms with Crippen molar-refractivity contribution in [3.8, 4) is 6.07 Å². The summed E-state index contributed by atoms with van der Waals surface area (Å²) >= 11 is 0. The fourth-order valence-corrected chi connectivity index (χ4v) is 6.74. The second-order valence-corrected chi connectivity index (χ2v) is 9.13. The van der Waals surface area contributed by atoms with Gasteiger partial charge in [0.05, 0.1) is 16.9 Å². The molecule has 31 heavy (non-hydrogen) atoms. The average molecular weight is 444 g/mol. The SMILES string of the molecule is COC1(OC)[C@@H](/C=C/c2ccccc2)[C@@](C#N)(S(=O)(=O)c2ccccc2)C1(OC)OC. The van der Waals surface area contributed by atoms with E-state index < -0.39 is 32.1 Å². The van der Waals surface area contributed by atoms with Crippen LogP contribution >= 0.6 is 0 Å². The van der Waals surface area contributed by atoms with Crippen molar-refractivity contribution in [2.24, 2.45) is 5.92 Å². The first-order valence-corrected chi connectivity index (χ1v) is 11.0. The molecule has 7 nitrogen and oxygen atoms in total. The predicted octanol–water partition coefficient (Wildman–Crippen LogP) is 3.04. The van der Waals surface area contributed by atoms with Crippen LogP contribution in [0, 0.1) is 17.2 Å². The van der Waals surface area contributed by atoms with Crippen molar-refractivity contribution in [1.82, 2.24) is 0 Å². The third-order valence-corrected chi connectivity index (χ3v) is 8.26. The molecule has 1 aliphatic carbocycles. The average Bonchev–Trinajstić information content (AvgIpc) is 2.81. The van der Waals surface area contributed by atoms with Crippen molar-refractivity contribution in [2.45, 2.75) is 21.2 Å². The molecule has 0 unspecified atom stereocenters. The summed E-state index contributed by atoms with van der Waals surface area (Å²) in [5, 5.41) is 10.4. The molecule has 0 amide bonds. The van der Waals surface area contributed by atoms with Gasteiger partial charge in [-0.2, -0.15) is 5.26 Å². The van der Waals surface area contributed by atoms with Gasteiger partial charge in [-0.15, -0.1) is 0 Å². The normalized spacial score (nSPS) is 24.4. The number of nitrogens with zero attached hydrogens (tertiary/aromatic N) is 1. The van der Waals surface area contributed by atoms with Crippen LogP contribution in [-0.2, 0) is 28.8 Å². The van der Waals surface area contributed by atoms with Crippen LogP contribution in [0.5, 0.6) is 0 Å². The summed E-state index contributed by atoms with van der Waals surface area (Å²) in [6.07, 6.45) is 3.32. The topological polar surface area (TPSA) is 94.9 Å². The van der Waals surface area contributed by atoms with E-state index in [2.05, 4.69) is 0 Å². The lowest BCUT2D eigenvalue weighted by Gasteiger charge is -2.65. The summed E-state index contributed by atoms with van der Waals surface area (Å²) in [6.45, 7) is 0. The molecule has 164 valence electrons. The zero-order valence-electron chi connectivity index (χ0n) is 17.8. The summed E-state index contributed by atoms with van der Waals surface area (Å²) in [5.41, 5.74) is 0.819. The zero-order valence-corrected chi connectivity index (χ0v) is 18.6. The molecule has 1 saturated carbocycles. The van der Waals surface area contributed by atoms with Gasteiger partial charge in [-0.25, -0.2) is 8.42 Å². The number of benzene rings is 2. The van der Waals surface area contributed by atoms with Crippen LogP contribution in [0.3, 0.4) is 0 Å². The standard InChI is InChI=1S/C23H25NO6S/c1-27-22(28-2)20(16-15-18-11-7-5-8-12-18)21(17-24,23(22,29-3)30-4)31(25,26)19-13-9-6-10-14-19/h5-16,20H,1-4H3/b16-15+/t20-,21+/m0/s1. The van der Waals surface area contributed by atoms with E-state index in [0.29, 0.717) is 0 Å². The molecule has 0 spiro atoms. The maximum Gasteiger partial charge on any atom is 0.259 e. The van der Waals surface area contributed by atoms with Crippen LogP contribution in [0.25, 0.3) is 6.08 Å². The lowest BCUT2D eigenvalue weighted by Crippen LogP contribution is -2.89. The summed E-state index contributed by atoms with van der Waals surface area (Å²) < 4.78 is 48.2. The second-order valence-electron chi connectivity index (χ2n) is 7.01. The molecule has 1 fully saturated rings. The third kappa shape index (κ3) is 2.89. The van der Waals surface area contributed by atoms with Crippen LogP contribution in [-0.4, -0.2) is 53.2 Å². The van der Waals surface area contributed by atoms with Gasteiger partial charge < -0.3 is 18.9 Å². The Labute approximate surface area is 182 Å². The number of methoxy groups -OCH3 is 4. The minimum atomic E-state index is -4.31. The Morgan fingerprint density at radius 2 is 1.39 bits per heavy atom. The Morgan fingerprint density at radius 3 is 1.84 bits per heavy atom. The molecule has 0 heterocycles. The zero-order chi connectivity index (χ0) is 22.8. The smallest absolute Gasteiger partial charge is 0.259 e. The third-order valence-electron chi connectivity index (χ3n) is 5.90. The first-order chi connectivity index (χ1) is 14.9. The minimum absolute atomic E-state index is 0.0334. The largest absolute Gasteiger partial charge is 0.348 e. The lowest BCUT2D eigenvalue weighted by molar-refractivity contribution is -0.463. The van der Waals surface area contributed by atoms with E-state index in [9.17, 15) is 13.7 Å². The Morgan fingerprint density at radius 1 is 0.871 bits per heavy atom. The molecular formula is C23H25NO6S. The molecule has 0 radical (unpaired) electrons. The number of nitriles is 1. The molecule has 0 aliphatic heterocycles. The van der Waals surface area contributed by atoms with Crippen molar-refractivity contribution in [2.75, 3.05) is 28.4 Å². The number of hydrogen-bond donors (Lipinski definition) is 0. The maximum absolute atomic E-state index is 13.9. The maximum atomic E-state index is 13.9. The molecule has 2 aromatic carbocycles. The Kier molecular flexibility index (Phi) is 6.37. The van der Waals surface area contributed by atoms with E-state index in [0.717, 1.165) is 5.56 Å². The molecule has 8 heteroatoms. The van der Waals surface area contributed by atoms with Crippen molar-refractivity contribution in [3.63, 3.8) is 0 Å². The fourth-order valence-electron chi connectivity index (χ4n) is 4.50. The highest BCUT2D eigenvalue weighted by atomic mass is 32.2. The lowest BCUT2D eigenvalue weighted by atomic mass is 9.61. The van der Waals surface area contributed by atoms with Gasteiger partial charge in [0.25, 0.3) is 5.79 Å². The van der Waals surface area contributed by atoms with Gasteiger partial charge in [0.1, 0.15) is 0 Å².